The summed E-state index contributed by atoms with van der Waals surface area (Å²) in [7, 11) is 0. The van der Waals surface area contributed by atoms with Crippen molar-refractivity contribution in [2.75, 3.05) is 0 Å². The number of ether oxygens (including phenoxy) is 1. The second-order valence-electron chi connectivity index (χ2n) is 10.9. The number of benzene rings is 3. The zero-order chi connectivity index (χ0) is 30.0. The van der Waals surface area contributed by atoms with Crippen molar-refractivity contribution in [3.8, 4) is 39.4 Å². The summed E-state index contributed by atoms with van der Waals surface area (Å²) < 4.78 is 8.13. The largest absolute Gasteiger partial charge is 0.489 e. The van der Waals surface area contributed by atoms with E-state index in [1.807, 2.05) is 65.3 Å². The Balaban J connectivity index is 1.19. The number of halogens is 1. The van der Waals surface area contributed by atoms with Crippen LogP contribution in [0.15, 0.2) is 79.1 Å². The third-order valence-electron chi connectivity index (χ3n) is 8.21. The summed E-state index contributed by atoms with van der Waals surface area (Å²) in [5.74, 6) is 0.498. The molecular formula is C33H28ClN7O3. The molecule has 0 saturated heterocycles. The number of carboxylic acids is 1. The minimum atomic E-state index is -0.987. The second kappa shape index (κ2) is 11.9. The number of aromatic amines is 1. The van der Waals surface area contributed by atoms with Gasteiger partial charge in [0.25, 0.3) is 0 Å². The fourth-order valence-corrected chi connectivity index (χ4v) is 6.15. The van der Waals surface area contributed by atoms with Crippen LogP contribution in [0.1, 0.15) is 59.6 Å². The fourth-order valence-electron chi connectivity index (χ4n) is 6.02. The van der Waals surface area contributed by atoms with Crippen molar-refractivity contribution in [1.82, 2.24) is 35.2 Å². The van der Waals surface area contributed by atoms with Gasteiger partial charge in [0.2, 0.25) is 5.82 Å². The van der Waals surface area contributed by atoms with Gasteiger partial charge >= 0.3 is 5.97 Å². The van der Waals surface area contributed by atoms with Gasteiger partial charge in [0.15, 0.2) is 5.65 Å². The Kier molecular flexibility index (Phi) is 7.49. The Hall–Kier alpha value is -5.09. The van der Waals surface area contributed by atoms with E-state index in [0.29, 0.717) is 28.2 Å². The Morgan fingerprint density at radius 1 is 0.932 bits per heavy atom. The molecule has 1 fully saturated rings. The molecular weight excluding hydrogens is 578 g/mol. The second-order valence-corrected chi connectivity index (χ2v) is 11.4. The van der Waals surface area contributed by atoms with Crippen LogP contribution in [0.3, 0.4) is 0 Å². The average molecular weight is 606 g/mol. The van der Waals surface area contributed by atoms with Crippen LogP contribution in [-0.4, -0.2) is 46.3 Å². The van der Waals surface area contributed by atoms with Crippen molar-refractivity contribution < 1.29 is 14.6 Å². The highest BCUT2D eigenvalue weighted by Crippen LogP contribution is 2.39. The van der Waals surface area contributed by atoms with Crippen LogP contribution in [0, 0.1) is 0 Å². The number of tetrazole rings is 1. The van der Waals surface area contributed by atoms with Gasteiger partial charge in [-0.3, -0.25) is 0 Å². The van der Waals surface area contributed by atoms with E-state index < -0.39 is 5.97 Å². The molecule has 0 unspecified atom stereocenters. The molecule has 3 aromatic heterocycles. The minimum absolute atomic E-state index is 0.200. The number of hydrogen-bond donors (Lipinski definition) is 2. The molecule has 2 N–H and O–H groups in total. The number of rotatable bonds is 8. The standard InChI is InChI=1S/C33H28ClN7O3/c34-25-11-6-20(7-12-25)27-15-10-23(33(42)43)16-24(27)19-44-26-13-8-21(9-14-26)28-17-35-32-29(31-37-39-40-38-31)18-36-41(32)30(28)22-4-2-1-3-5-22/h6-18,22H,1-5,19H2,(H,42,43)(H,37,38,39,40). The van der Waals surface area contributed by atoms with Crippen LogP contribution in [0.25, 0.3) is 39.3 Å². The van der Waals surface area contributed by atoms with E-state index in [2.05, 4.69) is 20.6 Å². The molecule has 3 heterocycles. The lowest BCUT2D eigenvalue weighted by Gasteiger charge is -2.25. The third-order valence-corrected chi connectivity index (χ3v) is 8.46. The maximum atomic E-state index is 11.7. The van der Waals surface area contributed by atoms with E-state index in [9.17, 15) is 9.90 Å². The molecule has 10 nitrogen and oxygen atoms in total. The number of carboxylic acid groups (broad SMARTS) is 1. The van der Waals surface area contributed by atoms with Gasteiger partial charge in [-0.15, -0.1) is 10.2 Å². The van der Waals surface area contributed by atoms with Crippen LogP contribution >= 0.6 is 11.6 Å². The molecule has 0 amide bonds. The summed E-state index contributed by atoms with van der Waals surface area (Å²) in [5.41, 5.74) is 7.40. The van der Waals surface area contributed by atoms with Crippen molar-refractivity contribution in [3.05, 3.63) is 101 Å². The van der Waals surface area contributed by atoms with E-state index in [0.717, 1.165) is 51.9 Å². The van der Waals surface area contributed by atoms with Crippen LogP contribution in [0.5, 0.6) is 5.75 Å². The molecule has 1 aliphatic rings. The summed E-state index contributed by atoms with van der Waals surface area (Å²) >= 11 is 6.09. The highest BCUT2D eigenvalue weighted by Gasteiger charge is 2.25. The lowest BCUT2D eigenvalue weighted by molar-refractivity contribution is 0.0696. The summed E-state index contributed by atoms with van der Waals surface area (Å²) in [6, 6.07) is 20.4. The molecule has 7 rings (SSSR count). The quantitative estimate of drug-likeness (QED) is 0.186. The Morgan fingerprint density at radius 2 is 1.68 bits per heavy atom. The van der Waals surface area contributed by atoms with Crippen LogP contribution < -0.4 is 4.74 Å². The van der Waals surface area contributed by atoms with E-state index in [4.69, 9.17) is 26.4 Å². The molecule has 0 radical (unpaired) electrons. The normalized spacial score (nSPS) is 13.8. The van der Waals surface area contributed by atoms with Gasteiger partial charge in [0, 0.05) is 22.7 Å². The van der Waals surface area contributed by atoms with Crippen molar-refractivity contribution >= 4 is 23.2 Å². The van der Waals surface area contributed by atoms with Gasteiger partial charge in [-0.1, -0.05) is 61.2 Å². The lowest BCUT2D eigenvalue weighted by Crippen LogP contribution is -2.12. The fraction of sp³-hybridized carbons (Fsp3) is 0.212. The van der Waals surface area contributed by atoms with Crippen molar-refractivity contribution in [2.24, 2.45) is 0 Å². The molecule has 0 aliphatic heterocycles. The van der Waals surface area contributed by atoms with Gasteiger partial charge in [-0.25, -0.2) is 14.3 Å². The van der Waals surface area contributed by atoms with Gasteiger partial charge in [-0.2, -0.15) is 10.3 Å². The minimum Gasteiger partial charge on any atom is -0.489 e. The molecule has 11 heteroatoms. The number of H-pyrrole nitrogens is 1. The first-order valence-corrected chi connectivity index (χ1v) is 14.9. The molecule has 44 heavy (non-hydrogen) atoms. The molecule has 6 aromatic rings. The topological polar surface area (TPSA) is 131 Å². The predicted molar refractivity (Wildman–Crippen MR) is 166 cm³/mol. The first-order chi connectivity index (χ1) is 21.5. The number of aromatic nitrogens is 7. The maximum Gasteiger partial charge on any atom is 0.335 e. The number of hydrogen-bond acceptors (Lipinski definition) is 7. The summed E-state index contributed by atoms with van der Waals surface area (Å²) in [4.78, 5) is 16.5. The van der Waals surface area contributed by atoms with E-state index >= 15 is 0 Å². The molecule has 220 valence electrons. The maximum absolute atomic E-state index is 11.7. The molecule has 3 aromatic carbocycles. The number of carbonyl (C=O) groups is 1. The smallest absolute Gasteiger partial charge is 0.335 e. The van der Waals surface area contributed by atoms with E-state index in [1.165, 1.54) is 19.3 Å². The average Bonchev–Trinajstić information content (AvgIpc) is 3.75. The molecule has 0 spiro atoms. The van der Waals surface area contributed by atoms with Crippen molar-refractivity contribution in [1.29, 1.82) is 0 Å². The first kappa shape index (κ1) is 27.7. The Bertz CT molecular complexity index is 1930. The molecule has 1 saturated carbocycles. The monoisotopic (exact) mass is 605 g/mol. The molecule has 0 atom stereocenters. The first-order valence-electron chi connectivity index (χ1n) is 14.5. The van der Waals surface area contributed by atoms with Crippen molar-refractivity contribution in [2.45, 2.75) is 44.6 Å². The highest BCUT2D eigenvalue weighted by atomic mass is 35.5. The number of nitrogens with zero attached hydrogens (tertiary/aromatic N) is 6. The lowest BCUT2D eigenvalue weighted by atomic mass is 9.84. The predicted octanol–water partition coefficient (Wildman–Crippen LogP) is 7.22. The number of aromatic carboxylic acids is 1. The summed E-state index contributed by atoms with van der Waals surface area (Å²) in [5, 5.41) is 29.4. The zero-order valence-electron chi connectivity index (χ0n) is 23.7. The van der Waals surface area contributed by atoms with Gasteiger partial charge in [-0.05, 0) is 76.7 Å². The van der Waals surface area contributed by atoms with E-state index in [1.54, 1.807) is 18.3 Å². The Labute approximate surface area is 257 Å². The highest BCUT2D eigenvalue weighted by molar-refractivity contribution is 6.30. The molecule has 1 aliphatic carbocycles. The number of fused-ring (bicyclic) bond motifs is 1. The summed E-state index contributed by atoms with van der Waals surface area (Å²) in [6.45, 7) is 0.200. The van der Waals surface area contributed by atoms with Gasteiger partial charge in [0.1, 0.15) is 12.4 Å². The zero-order valence-corrected chi connectivity index (χ0v) is 24.4. The van der Waals surface area contributed by atoms with Crippen molar-refractivity contribution in [3.63, 3.8) is 0 Å². The van der Waals surface area contributed by atoms with Gasteiger partial charge in [0.05, 0.1) is 23.0 Å². The molecule has 0 bridgehead atoms. The SMILES string of the molecule is O=C(O)c1ccc(-c2ccc(Cl)cc2)c(COc2ccc(-c3cnc4c(-c5nn[nH]n5)cnn4c3C3CCCCC3)cc2)c1. The third kappa shape index (κ3) is 5.40. The van der Waals surface area contributed by atoms with Crippen LogP contribution in [0.4, 0.5) is 0 Å². The Morgan fingerprint density at radius 3 is 2.41 bits per heavy atom. The summed E-state index contributed by atoms with van der Waals surface area (Å²) in [6.07, 6.45) is 9.45. The van der Waals surface area contributed by atoms with Crippen LogP contribution in [-0.2, 0) is 6.61 Å². The van der Waals surface area contributed by atoms with Gasteiger partial charge < -0.3 is 9.84 Å². The van der Waals surface area contributed by atoms with E-state index in [-0.39, 0.29) is 12.2 Å². The van der Waals surface area contributed by atoms with Crippen LogP contribution in [0.2, 0.25) is 5.02 Å². The number of nitrogens with one attached hydrogen (secondary N) is 1.